The number of nitrogens with zero attached hydrogens (tertiary/aromatic N) is 1. The zero-order valence-electron chi connectivity index (χ0n) is 16.8. The van der Waals surface area contributed by atoms with Crippen LogP contribution in [-0.2, 0) is 14.8 Å². The van der Waals surface area contributed by atoms with Crippen LogP contribution in [0.4, 0.5) is 5.69 Å². The molecule has 1 aliphatic rings. The Labute approximate surface area is 187 Å². The maximum Gasteiger partial charge on any atom is 0.257 e. The topological polar surface area (TPSA) is 75.7 Å². The molecular weight excluding hydrogens is 447 g/mol. The summed E-state index contributed by atoms with van der Waals surface area (Å²) in [7, 11) is -3.87. The van der Waals surface area contributed by atoms with Crippen LogP contribution in [0.3, 0.4) is 0 Å². The van der Waals surface area contributed by atoms with Crippen molar-refractivity contribution < 1.29 is 17.9 Å². The van der Waals surface area contributed by atoms with E-state index >= 15 is 0 Å². The van der Waals surface area contributed by atoms with Crippen LogP contribution in [0.25, 0.3) is 0 Å². The normalized spacial score (nSPS) is 16.3. The number of carbonyl (C=O) groups excluding carboxylic acids is 1. The zero-order chi connectivity index (χ0) is 21.9. The highest BCUT2D eigenvalue weighted by Gasteiger charge is 2.30. The maximum absolute atomic E-state index is 13.0. The predicted octanol–water partition coefficient (Wildman–Crippen LogP) is 4.78. The minimum atomic E-state index is -3.87. The van der Waals surface area contributed by atoms with E-state index in [1.54, 1.807) is 0 Å². The minimum absolute atomic E-state index is 0.0269. The SMILES string of the molecule is CCC(C)c1ccc(NC(=O)c2cc(S(=O)(=O)N3CCOCC3)c(Cl)cc2Cl)cc1. The van der Waals surface area contributed by atoms with Gasteiger partial charge in [0.2, 0.25) is 10.0 Å². The Balaban J connectivity index is 1.87. The molecule has 1 N–H and O–H groups in total. The summed E-state index contributed by atoms with van der Waals surface area (Å²) in [5.41, 5.74) is 1.81. The third-order valence-corrected chi connectivity index (χ3v) is 7.88. The lowest BCUT2D eigenvalue weighted by Crippen LogP contribution is -2.40. The van der Waals surface area contributed by atoms with Gasteiger partial charge in [-0.15, -0.1) is 0 Å². The van der Waals surface area contributed by atoms with Crippen molar-refractivity contribution in [2.24, 2.45) is 0 Å². The van der Waals surface area contributed by atoms with Gasteiger partial charge in [-0.1, -0.05) is 49.2 Å². The highest BCUT2D eigenvalue weighted by Crippen LogP contribution is 2.31. The molecule has 0 spiro atoms. The van der Waals surface area contributed by atoms with Gasteiger partial charge < -0.3 is 10.1 Å². The first-order valence-corrected chi connectivity index (χ1v) is 11.9. The number of benzene rings is 2. The molecule has 1 amide bonds. The van der Waals surface area contributed by atoms with Crippen molar-refractivity contribution in [2.75, 3.05) is 31.6 Å². The molecule has 0 saturated carbocycles. The van der Waals surface area contributed by atoms with E-state index in [4.69, 9.17) is 27.9 Å². The summed E-state index contributed by atoms with van der Waals surface area (Å²) < 4.78 is 32.5. The molecule has 1 heterocycles. The number of rotatable bonds is 6. The van der Waals surface area contributed by atoms with E-state index in [0.29, 0.717) is 24.8 Å². The van der Waals surface area contributed by atoms with E-state index in [0.717, 1.165) is 6.42 Å². The van der Waals surface area contributed by atoms with Gasteiger partial charge in [-0.05, 0) is 42.2 Å². The van der Waals surface area contributed by atoms with Crippen molar-refractivity contribution in [1.82, 2.24) is 4.31 Å². The second kappa shape index (κ2) is 9.66. The first-order chi connectivity index (χ1) is 14.2. The second-order valence-electron chi connectivity index (χ2n) is 7.16. The summed E-state index contributed by atoms with van der Waals surface area (Å²) in [5, 5.41) is 2.82. The first kappa shape index (κ1) is 23.0. The Bertz CT molecular complexity index is 1020. The summed E-state index contributed by atoms with van der Waals surface area (Å²) in [5.74, 6) is -0.0835. The Morgan fingerprint density at radius 1 is 1.13 bits per heavy atom. The highest BCUT2D eigenvalue weighted by molar-refractivity contribution is 7.89. The molecule has 0 bridgehead atoms. The van der Waals surface area contributed by atoms with Gasteiger partial charge in [0, 0.05) is 18.8 Å². The predicted molar refractivity (Wildman–Crippen MR) is 119 cm³/mol. The molecule has 30 heavy (non-hydrogen) atoms. The smallest absolute Gasteiger partial charge is 0.257 e. The third-order valence-electron chi connectivity index (χ3n) is 5.20. The summed E-state index contributed by atoms with van der Waals surface area (Å²) in [6, 6.07) is 10.1. The largest absolute Gasteiger partial charge is 0.379 e. The molecule has 3 rings (SSSR count). The molecule has 1 fully saturated rings. The number of anilines is 1. The molecule has 2 aromatic rings. The molecule has 9 heteroatoms. The molecule has 2 aromatic carbocycles. The van der Waals surface area contributed by atoms with Crippen molar-refractivity contribution in [2.45, 2.75) is 31.1 Å². The zero-order valence-corrected chi connectivity index (χ0v) is 19.1. The number of sulfonamides is 1. The van der Waals surface area contributed by atoms with Gasteiger partial charge >= 0.3 is 0 Å². The molecule has 1 unspecified atom stereocenters. The molecule has 1 atom stereocenters. The molecule has 1 saturated heterocycles. The summed E-state index contributed by atoms with van der Waals surface area (Å²) in [6.45, 7) is 5.33. The molecule has 0 radical (unpaired) electrons. The molecule has 162 valence electrons. The fourth-order valence-corrected chi connectivity index (χ4v) is 5.40. The van der Waals surface area contributed by atoms with Gasteiger partial charge in [-0.25, -0.2) is 8.42 Å². The number of hydrogen-bond acceptors (Lipinski definition) is 4. The molecular formula is C21H24Cl2N2O4S. The lowest BCUT2D eigenvalue weighted by Gasteiger charge is -2.26. The third kappa shape index (κ3) is 4.98. The standard InChI is InChI=1S/C21H24Cl2N2O4S/c1-3-14(2)15-4-6-16(7-5-15)24-21(26)17-12-20(19(23)13-18(17)22)30(27,28)25-8-10-29-11-9-25/h4-7,12-14H,3,8-11H2,1-2H3,(H,24,26). The highest BCUT2D eigenvalue weighted by atomic mass is 35.5. The van der Waals surface area contributed by atoms with E-state index in [1.807, 2.05) is 24.3 Å². The Hall–Kier alpha value is -1.64. The average Bonchev–Trinajstić information content (AvgIpc) is 2.74. The van der Waals surface area contributed by atoms with Gasteiger partial charge in [-0.2, -0.15) is 4.31 Å². The average molecular weight is 471 g/mol. The monoisotopic (exact) mass is 470 g/mol. The lowest BCUT2D eigenvalue weighted by atomic mass is 9.98. The van der Waals surface area contributed by atoms with Crippen LogP contribution in [0.2, 0.25) is 10.0 Å². The lowest BCUT2D eigenvalue weighted by molar-refractivity contribution is 0.0730. The quantitative estimate of drug-likeness (QED) is 0.658. The van der Waals surface area contributed by atoms with E-state index in [2.05, 4.69) is 19.2 Å². The van der Waals surface area contributed by atoms with E-state index in [1.165, 1.54) is 22.0 Å². The molecule has 0 aliphatic carbocycles. The fraction of sp³-hybridized carbons (Fsp3) is 0.381. The number of amides is 1. The van der Waals surface area contributed by atoms with E-state index < -0.39 is 15.9 Å². The van der Waals surface area contributed by atoms with Gasteiger partial charge in [0.05, 0.1) is 28.8 Å². The van der Waals surface area contributed by atoms with Crippen LogP contribution in [0.5, 0.6) is 0 Å². The van der Waals surface area contributed by atoms with Gasteiger partial charge in [0.1, 0.15) is 4.90 Å². The van der Waals surface area contributed by atoms with Gasteiger partial charge in [0.15, 0.2) is 0 Å². The molecule has 0 aromatic heterocycles. The summed E-state index contributed by atoms with van der Waals surface area (Å²) >= 11 is 12.4. The van der Waals surface area contributed by atoms with Crippen molar-refractivity contribution in [3.63, 3.8) is 0 Å². The second-order valence-corrected chi connectivity index (χ2v) is 9.89. The minimum Gasteiger partial charge on any atom is -0.379 e. The number of hydrogen-bond donors (Lipinski definition) is 1. The molecule has 6 nitrogen and oxygen atoms in total. The Morgan fingerprint density at radius 3 is 2.37 bits per heavy atom. The van der Waals surface area contributed by atoms with Crippen molar-refractivity contribution >= 4 is 44.8 Å². The fourth-order valence-electron chi connectivity index (χ4n) is 3.16. The van der Waals surface area contributed by atoms with Crippen molar-refractivity contribution in [3.05, 3.63) is 57.6 Å². The van der Waals surface area contributed by atoms with Crippen LogP contribution < -0.4 is 5.32 Å². The number of halogens is 2. The van der Waals surface area contributed by atoms with E-state index in [-0.39, 0.29) is 33.6 Å². The van der Waals surface area contributed by atoms with Gasteiger partial charge in [-0.3, -0.25) is 4.79 Å². The van der Waals surface area contributed by atoms with Crippen LogP contribution >= 0.6 is 23.2 Å². The Kier molecular flexibility index (Phi) is 7.42. The van der Waals surface area contributed by atoms with Gasteiger partial charge in [0.25, 0.3) is 5.91 Å². The number of nitrogens with one attached hydrogen (secondary N) is 1. The van der Waals surface area contributed by atoms with Crippen molar-refractivity contribution in [1.29, 1.82) is 0 Å². The summed E-state index contributed by atoms with van der Waals surface area (Å²) in [6.07, 6.45) is 1.02. The van der Waals surface area contributed by atoms with Crippen LogP contribution in [0.1, 0.15) is 42.1 Å². The number of morpholine rings is 1. The summed E-state index contributed by atoms with van der Waals surface area (Å²) in [4.78, 5) is 12.7. The van der Waals surface area contributed by atoms with Crippen LogP contribution in [-0.4, -0.2) is 44.9 Å². The first-order valence-electron chi connectivity index (χ1n) is 9.72. The number of ether oxygens (including phenoxy) is 1. The molecule has 1 aliphatic heterocycles. The van der Waals surface area contributed by atoms with Crippen LogP contribution in [0, 0.1) is 0 Å². The van der Waals surface area contributed by atoms with Crippen molar-refractivity contribution in [3.8, 4) is 0 Å². The Morgan fingerprint density at radius 2 is 1.77 bits per heavy atom. The van der Waals surface area contributed by atoms with E-state index in [9.17, 15) is 13.2 Å². The van der Waals surface area contributed by atoms with Crippen LogP contribution in [0.15, 0.2) is 41.3 Å². The number of carbonyl (C=O) groups is 1. The maximum atomic E-state index is 13.0.